The summed E-state index contributed by atoms with van der Waals surface area (Å²) in [6.45, 7) is 4.32. The Hall–Kier alpha value is 0.247. The van der Waals surface area contributed by atoms with Gasteiger partial charge < -0.3 is 22.3 Å². The molecule has 2 aliphatic rings. The lowest BCUT2D eigenvalue weighted by Gasteiger charge is -2.44. The Morgan fingerprint density at radius 2 is 1.78 bits per heavy atom. The normalized spacial score (nSPS) is 23.9. The van der Waals surface area contributed by atoms with E-state index in [1.165, 1.54) is 0 Å². The molecular formula is C10H21O6PSi. The molecule has 0 aromatic heterocycles. The smallest absolute Gasteiger partial charge is 0.377 e. The van der Waals surface area contributed by atoms with E-state index in [-0.39, 0.29) is 11.9 Å². The quantitative estimate of drug-likeness (QED) is 0.506. The van der Waals surface area contributed by atoms with Gasteiger partial charge in [0.2, 0.25) is 0 Å². The SMILES string of the molecule is CCOP(=O)(CC[Si]1(OC)OC2(CC2)O1)OCC. The number of hydrogen-bond donors (Lipinski definition) is 0. The summed E-state index contributed by atoms with van der Waals surface area (Å²) in [5.74, 6) is -0.358. The van der Waals surface area contributed by atoms with Gasteiger partial charge in [0.1, 0.15) is 0 Å². The van der Waals surface area contributed by atoms with Gasteiger partial charge in [-0.25, -0.2) is 0 Å². The summed E-state index contributed by atoms with van der Waals surface area (Å²) in [5, 5.41) is 0. The lowest BCUT2D eigenvalue weighted by atomic mass is 10.7. The average molecular weight is 296 g/mol. The number of hydrogen-bond acceptors (Lipinski definition) is 6. The van der Waals surface area contributed by atoms with E-state index in [4.69, 9.17) is 22.3 Å². The molecule has 2 rings (SSSR count). The maximum absolute atomic E-state index is 12.3. The monoisotopic (exact) mass is 296 g/mol. The van der Waals surface area contributed by atoms with Crippen LogP contribution in [0.1, 0.15) is 26.7 Å². The summed E-state index contributed by atoms with van der Waals surface area (Å²) in [6, 6.07) is 0.475. The van der Waals surface area contributed by atoms with Crippen molar-refractivity contribution in [2.45, 2.75) is 38.5 Å². The summed E-state index contributed by atoms with van der Waals surface area (Å²) in [6.07, 6.45) is 2.14. The molecule has 1 aliphatic carbocycles. The summed E-state index contributed by atoms with van der Waals surface area (Å²) in [4.78, 5) is 0. The molecular weight excluding hydrogens is 275 g/mol. The maximum Gasteiger partial charge on any atom is 0.505 e. The van der Waals surface area contributed by atoms with Crippen LogP contribution in [0.25, 0.3) is 0 Å². The Morgan fingerprint density at radius 1 is 1.22 bits per heavy atom. The minimum Gasteiger partial charge on any atom is -0.377 e. The Balaban J connectivity index is 1.86. The van der Waals surface area contributed by atoms with Gasteiger partial charge in [-0.2, -0.15) is 0 Å². The Bertz CT molecular complexity index is 327. The molecule has 0 N–H and O–H groups in total. The van der Waals surface area contributed by atoms with Crippen LogP contribution >= 0.6 is 7.60 Å². The Labute approximate surface area is 109 Å². The molecule has 1 saturated carbocycles. The second-order valence-electron chi connectivity index (χ2n) is 4.42. The third kappa shape index (κ3) is 3.04. The van der Waals surface area contributed by atoms with E-state index in [0.29, 0.717) is 19.3 Å². The summed E-state index contributed by atoms with van der Waals surface area (Å²) in [5.41, 5.74) is 0. The van der Waals surface area contributed by atoms with Gasteiger partial charge in [0.05, 0.1) is 19.4 Å². The van der Waals surface area contributed by atoms with Crippen molar-refractivity contribution in [2.75, 3.05) is 26.5 Å². The minimum atomic E-state index is -3.03. The van der Waals surface area contributed by atoms with Crippen molar-refractivity contribution >= 4 is 16.4 Å². The summed E-state index contributed by atoms with van der Waals surface area (Å²) >= 11 is 0. The fourth-order valence-corrected chi connectivity index (χ4v) is 7.44. The highest BCUT2D eigenvalue weighted by Crippen LogP contribution is 2.56. The van der Waals surface area contributed by atoms with Gasteiger partial charge in [-0.3, -0.25) is 4.57 Å². The highest BCUT2D eigenvalue weighted by molar-refractivity contribution is 7.54. The molecule has 1 saturated heterocycles. The first kappa shape index (κ1) is 14.7. The lowest BCUT2D eigenvalue weighted by Crippen LogP contribution is -2.62. The minimum absolute atomic E-state index is 0.283. The van der Waals surface area contributed by atoms with Crippen molar-refractivity contribution in [3.63, 3.8) is 0 Å². The maximum atomic E-state index is 12.3. The highest BCUT2D eigenvalue weighted by atomic mass is 31.2. The largest absolute Gasteiger partial charge is 0.505 e. The van der Waals surface area contributed by atoms with Crippen LogP contribution in [0.3, 0.4) is 0 Å². The second kappa shape index (κ2) is 5.32. The molecule has 1 aliphatic heterocycles. The lowest BCUT2D eigenvalue weighted by molar-refractivity contribution is -0.196. The highest BCUT2D eigenvalue weighted by Gasteiger charge is 2.68. The third-order valence-corrected chi connectivity index (χ3v) is 8.34. The van der Waals surface area contributed by atoms with E-state index in [9.17, 15) is 4.57 Å². The van der Waals surface area contributed by atoms with Crippen LogP contribution in [0, 0.1) is 0 Å². The molecule has 1 heterocycles. The second-order valence-corrected chi connectivity index (χ2v) is 9.29. The van der Waals surface area contributed by atoms with E-state index in [2.05, 4.69) is 0 Å². The zero-order valence-corrected chi connectivity index (χ0v) is 13.0. The zero-order valence-electron chi connectivity index (χ0n) is 11.1. The van der Waals surface area contributed by atoms with E-state index in [1.807, 2.05) is 0 Å². The molecule has 0 radical (unpaired) electrons. The van der Waals surface area contributed by atoms with Crippen LogP contribution in [-0.2, 0) is 26.9 Å². The molecule has 106 valence electrons. The van der Waals surface area contributed by atoms with Crippen LogP contribution in [0.4, 0.5) is 0 Å². The predicted octanol–water partition coefficient (Wildman–Crippen LogP) is 2.37. The van der Waals surface area contributed by atoms with Crippen LogP contribution in [0.2, 0.25) is 6.04 Å². The van der Waals surface area contributed by atoms with Crippen LogP contribution in [-0.4, -0.2) is 41.1 Å². The molecule has 8 heteroatoms. The van der Waals surface area contributed by atoms with Crippen molar-refractivity contribution in [1.82, 2.24) is 0 Å². The number of rotatable bonds is 8. The van der Waals surface area contributed by atoms with E-state index in [0.717, 1.165) is 12.8 Å². The molecule has 18 heavy (non-hydrogen) atoms. The molecule has 0 amide bonds. The molecule has 0 unspecified atom stereocenters. The van der Waals surface area contributed by atoms with Gasteiger partial charge in [-0.15, -0.1) is 0 Å². The van der Waals surface area contributed by atoms with Crippen molar-refractivity contribution in [3.8, 4) is 0 Å². The van der Waals surface area contributed by atoms with Crippen molar-refractivity contribution < 1.29 is 26.9 Å². The third-order valence-electron chi connectivity index (χ3n) is 3.00. The van der Waals surface area contributed by atoms with Gasteiger partial charge in [0, 0.05) is 26.0 Å². The zero-order chi connectivity index (χ0) is 13.3. The van der Waals surface area contributed by atoms with E-state index < -0.39 is 16.4 Å². The summed E-state index contributed by atoms with van der Waals surface area (Å²) < 4.78 is 39.7. The standard InChI is InChI=1S/C10H21O6PSi/c1-4-13-17(11,14-5-2)8-9-18(12-3)15-10(16-18)6-7-10/h4-9H2,1-3H3. The van der Waals surface area contributed by atoms with Gasteiger partial charge in [0.25, 0.3) is 0 Å². The van der Waals surface area contributed by atoms with Gasteiger partial charge in [-0.05, 0) is 13.8 Å². The Morgan fingerprint density at radius 3 is 2.17 bits per heavy atom. The molecule has 0 atom stereocenters. The first-order valence-electron chi connectivity index (χ1n) is 6.35. The van der Waals surface area contributed by atoms with Crippen LogP contribution in [0.5, 0.6) is 0 Å². The first-order valence-corrected chi connectivity index (χ1v) is 10.0. The molecule has 0 aromatic carbocycles. The topological polar surface area (TPSA) is 63.2 Å². The van der Waals surface area contributed by atoms with Crippen molar-refractivity contribution in [3.05, 3.63) is 0 Å². The van der Waals surface area contributed by atoms with Crippen LogP contribution < -0.4 is 0 Å². The predicted molar refractivity (Wildman–Crippen MR) is 67.4 cm³/mol. The first-order chi connectivity index (χ1) is 8.51. The molecule has 0 bridgehead atoms. The fourth-order valence-electron chi connectivity index (χ4n) is 2.00. The fraction of sp³-hybridized carbons (Fsp3) is 1.00. The molecule has 0 aromatic rings. The molecule has 1 spiro atoms. The van der Waals surface area contributed by atoms with Crippen molar-refractivity contribution in [1.29, 1.82) is 0 Å². The average Bonchev–Trinajstić information content (AvgIpc) is 3.05. The Kier molecular flexibility index (Phi) is 4.33. The van der Waals surface area contributed by atoms with Gasteiger partial charge in [-0.1, -0.05) is 0 Å². The molecule has 6 nitrogen and oxygen atoms in total. The summed E-state index contributed by atoms with van der Waals surface area (Å²) in [7, 11) is -4.05. The van der Waals surface area contributed by atoms with Gasteiger partial charge in [0.15, 0.2) is 5.79 Å². The van der Waals surface area contributed by atoms with Crippen LogP contribution in [0.15, 0.2) is 0 Å². The van der Waals surface area contributed by atoms with Crippen molar-refractivity contribution in [2.24, 2.45) is 0 Å². The van der Waals surface area contributed by atoms with Gasteiger partial charge >= 0.3 is 16.4 Å². The van der Waals surface area contributed by atoms with E-state index >= 15 is 0 Å². The van der Waals surface area contributed by atoms with E-state index in [1.54, 1.807) is 21.0 Å². The molecule has 2 fully saturated rings.